The number of nitro benzene ring substituents is 1. The summed E-state index contributed by atoms with van der Waals surface area (Å²) in [5.74, 6) is -2.68. The van der Waals surface area contributed by atoms with E-state index in [-0.39, 0.29) is 0 Å². The van der Waals surface area contributed by atoms with Gasteiger partial charge in [0.25, 0.3) is 5.69 Å². The summed E-state index contributed by atoms with van der Waals surface area (Å²) in [7, 11) is 0. The Balaban J connectivity index is 3.18. The first-order valence-electron chi connectivity index (χ1n) is 4.62. The van der Waals surface area contributed by atoms with Crippen LogP contribution in [0.1, 0.15) is 0 Å². The Kier molecular flexibility index (Phi) is 4.30. The van der Waals surface area contributed by atoms with Gasteiger partial charge in [-0.1, -0.05) is 0 Å². The second kappa shape index (κ2) is 5.51. The van der Waals surface area contributed by atoms with Crippen LogP contribution in [0, 0.1) is 21.7 Å². The van der Waals surface area contributed by atoms with Crippen LogP contribution in [-0.4, -0.2) is 34.4 Å². The summed E-state index contributed by atoms with van der Waals surface area (Å²) in [6.45, 7) is -1.16. The van der Waals surface area contributed by atoms with Crippen LogP contribution in [-0.2, 0) is 0 Å². The Labute approximate surface area is 94.6 Å². The lowest BCUT2D eigenvalue weighted by molar-refractivity contribution is -0.384. The van der Waals surface area contributed by atoms with Crippen LogP contribution in [0.25, 0.3) is 0 Å². The Morgan fingerprint density at radius 1 is 1.35 bits per heavy atom. The Bertz CT molecular complexity index is 424. The molecular formula is C9H10F2N2O4. The van der Waals surface area contributed by atoms with Gasteiger partial charge in [-0.3, -0.25) is 10.1 Å². The third kappa shape index (κ3) is 2.86. The molecule has 0 aromatic heterocycles. The van der Waals surface area contributed by atoms with Gasteiger partial charge in [-0.25, -0.2) is 8.78 Å². The number of nitrogens with one attached hydrogen (secondary N) is 1. The molecule has 17 heavy (non-hydrogen) atoms. The van der Waals surface area contributed by atoms with E-state index in [4.69, 9.17) is 10.2 Å². The summed E-state index contributed by atoms with van der Waals surface area (Å²) in [5.41, 5.74) is -1.36. The van der Waals surface area contributed by atoms with E-state index in [1.807, 2.05) is 0 Å². The predicted molar refractivity (Wildman–Crippen MR) is 54.6 cm³/mol. The molecular weight excluding hydrogens is 238 g/mol. The molecule has 94 valence electrons. The average Bonchev–Trinajstić information content (AvgIpc) is 2.30. The Hall–Kier alpha value is -1.80. The molecule has 1 rings (SSSR count). The molecule has 0 bridgehead atoms. The number of anilines is 1. The molecule has 0 radical (unpaired) electrons. The van der Waals surface area contributed by atoms with Crippen LogP contribution in [0.2, 0.25) is 0 Å². The normalized spacial score (nSPS) is 10.6. The highest BCUT2D eigenvalue weighted by molar-refractivity contribution is 5.63. The number of rotatable bonds is 5. The lowest BCUT2D eigenvalue weighted by Crippen LogP contribution is -2.28. The van der Waals surface area contributed by atoms with Crippen molar-refractivity contribution in [2.45, 2.75) is 6.04 Å². The first-order chi connectivity index (χ1) is 8.01. The van der Waals surface area contributed by atoms with Crippen molar-refractivity contribution in [2.75, 3.05) is 18.5 Å². The fraction of sp³-hybridized carbons (Fsp3) is 0.333. The van der Waals surface area contributed by atoms with Crippen molar-refractivity contribution in [3.05, 3.63) is 33.9 Å². The molecule has 0 saturated heterocycles. The molecule has 0 aliphatic heterocycles. The van der Waals surface area contributed by atoms with Gasteiger partial charge in [0.15, 0.2) is 17.3 Å². The van der Waals surface area contributed by atoms with Gasteiger partial charge < -0.3 is 15.5 Å². The summed E-state index contributed by atoms with van der Waals surface area (Å²) in [4.78, 5) is 9.70. The molecule has 0 amide bonds. The van der Waals surface area contributed by atoms with Gasteiger partial charge in [-0.2, -0.15) is 0 Å². The highest BCUT2D eigenvalue weighted by Gasteiger charge is 2.23. The van der Waals surface area contributed by atoms with Gasteiger partial charge in [0, 0.05) is 6.07 Å². The number of hydrogen-bond acceptors (Lipinski definition) is 5. The first-order valence-corrected chi connectivity index (χ1v) is 4.62. The van der Waals surface area contributed by atoms with E-state index in [0.29, 0.717) is 6.07 Å². The van der Waals surface area contributed by atoms with E-state index < -0.39 is 47.2 Å². The van der Waals surface area contributed by atoms with Gasteiger partial charge in [-0.15, -0.1) is 0 Å². The van der Waals surface area contributed by atoms with E-state index >= 15 is 0 Å². The quantitative estimate of drug-likeness (QED) is 0.525. The Morgan fingerprint density at radius 2 is 1.94 bits per heavy atom. The van der Waals surface area contributed by atoms with Crippen molar-refractivity contribution < 1.29 is 23.9 Å². The number of hydrogen-bond donors (Lipinski definition) is 3. The molecule has 0 atom stereocenters. The van der Waals surface area contributed by atoms with Gasteiger partial charge >= 0.3 is 0 Å². The lowest BCUT2D eigenvalue weighted by atomic mass is 10.2. The van der Waals surface area contributed by atoms with Gasteiger partial charge in [0.05, 0.1) is 24.2 Å². The molecule has 0 heterocycles. The van der Waals surface area contributed by atoms with E-state index in [2.05, 4.69) is 5.32 Å². The van der Waals surface area contributed by atoms with Crippen molar-refractivity contribution in [1.29, 1.82) is 0 Å². The van der Waals surface area contributed by atoms with Crippen molar-refractivity contribution in [1.82, 2.24) is 0 Å². The molecule has 3 N–H and O–H groups in total. The fourth-order valence-corrected chi connectivity index (χ4v) is 1.18. The van der Waals surface area contributed by atoms with Crippen molar-refractivity contribution in [3.63, 3.8) is 0 Å². The topological polar surface area (TPSA) is 95.6 Å². The highest BCUT2D eigenvalue weighted by atomic mass is 19.2. The predicted octanol–water partition coefficient (Wildman–Crippen LogP) is 0.638. The average molecular weight is 248 g/mol. The van der Waals surface area contributed by atoms with Gasteiger partial charge in [0.1, 0.15) is 0 Å². The molecule has 1 aromatic rings. The first kappa shape index (κ1) is 13.3. The maximum atomic E-state index is 13.4. The number of benzene rings is 1. The fourth-order valence-electron chi connectivity index (χ4n) is 1.18. The van der Waals surface area contributed by atoms with Crippen LogP contribution in [0.15, 0.2) is 12.1 Å². The van der Waals surface area contributed by atoms with Crippen LogP contribution in [0.3, 0.4) is 0 Å². The van der Waals surface area contributed by atoms with E-state index in [0.717, 1.165) is 6.07 Å². The smallest absolute Gasteiger partial charge is 0.295 e. The van der Waals surface area contributed by atoms with Crippen LogP contribution in [0.4, 0.5) is 20.2 Å². The summed E-state index contributed by atoms with van der Waals surface area (Å²) in [6, 6.07) is 0.419. The minimum Gasteiger partial charge on any atom is -0.394 e. The second-order valence-electron chi connectivity index (χ2n) is 3.22. The van der Waals surface area contributed by atoms with Crippen LogP contribution < -0.4 is 5.32 Å². The van der Waals surface area contributed by atoms with Crippen molar-refractivity contribution >= 4 is 11.4 Å². The maximum absolute atomic E-state index is 13.4. The molecule has 0 aliphatic rings. The zero-order chi connectivity index (χ0) is 13.0. The highest BCUT2D eigenvalue weighted by Crippen LogP contribution is 2.29. The molecule has 0 aliphatic carbocycles. The number of aliphatic hydroxyl groups is 2. The zero-order valence-electron chi connectivity index (χ0n) is 8.56. The summed E-state index contributed by atoms with van der Waals surface area (Å²) in [5, 5.41) is 30.3. The molecule has 8 heteroatoms. The summed E-state index contributed by atoms with van der Waals surface area (Å²) in [6.07, 6.45) is 0. The van der Waals surface area contributed by atoms with E-state index in [9.17, 15) is 18.9 Å². The van der Waals surface area contributed by atoms with Crippen molar-refractivity contribution in [3.8, 4) is 0 Å². The number of halogens is 2. The minimum atomic E-state index is -1.42. The van der Waals surface area contributed by atoms with Crippen LogP contribution in [0.5, 0.6) is 0 Å². The van der Waals surface area contributed by atoms with Crippen molar-refractivity contribution in [2.24, 2.45) is 0 Å². The van der Waals surface area contributed by atoms with Crippen LogP contribution >= 0.6 is 0 Å². The molecule has 0 spiro atoms. The van der Waals surface area contributed by atoms with E-state index in [1.165, 1.54) is 0 Å². The molecule has 0 saturated carbocycles. The monoisotopic (exact) mass is 248 g/mol. The number of aliphatic hydroxyl groups excluding tert-OH is 2. The molecule has 6 nitrogen and oxygen atoms in total. The summed E-state index contributed by atoms with van der Waals surface area (Å²) < 4.78 is 26.3. The zero-order valence-corrected chi connectivity index (χ0v) is 8.56. The SMILES string of the molecule is O=[N+]([O-])c1ccc(F)c(F)c1NC(CO)CO. The standard InChI is InChI=1S/C9H10F2N2O4/c10-6-1-2-7(13(16)17)9(8(6)11)12-5(3-14)4-15/h1-2,5,12,14-15H,3-4H2. The third-order valence-electron chi connectivity index (χ3n) is 2.06. The Morgan fingerprint density at radius 3 is 2.41 bits per heavy atom. The third-order valence-corrected chi connectivity index (χ3v) is 2.06. The van der Waals surface area contributed by atoms with E-state index in [1.54, 1.807) is 0 Å². The molecule has 1 aromatic carbocycles. The van der Waals surface area contributed by atoms with Gasteiger partial charge in [0.2, 0.25) is 0 Å². The molecule has 0 fully saturated rings. The lowest BCUT2D eigenvalue weighted by Gasteiger charge is -2.15. The van der Waals surface area contributed by atoms with Gasteiger partial charge in [-0.05, 0) is 6.07 Å². The minimum absolute atomic E-state index is 0.580. The number of nitrogens with zero attached hydrogens (tertiary/aromatic N) is 1. The maximum Gasteiger partial charge on any atom is 0.295 e. The second-order valence-corrected chi connectivity index (χ2v) is 3.22. The molecule has 0 unspecified atom stereocenters. The largest absolute Gasteiger partial charge is 0.394 e. The summed E-state index contributed by atoms with van der Waals surface area (Å²) >= 11 is 0. The number of nitro groups is 1.